The molecular weight excluding hydrogens is 483 g/mol. The number of aromatic nitrogens is 2. The summed E-state index contributed by atoms with van der Waals surface area (Å²) in [5, 5.41) is 2.99. The zero-order chi connectivity index (χ0) is 25.7. The third-order valence-corrected chi connectivity index (χ3v) is 7.68. The van der Waals surface area contributed by atoms with Gasteiger partial charge in [-0.2, -0.15) is 13.2 Å². The van der Waals surface area contributed by atoms with Gasteiger partial charge in [-0.3, -0.25) is 4.79 Å². The van der Waals surface area contributed by atoms with E-state index in [1.807, 2.05) is 30.3 Å². The fourth-order valence-corrected chi connectivity index (χ4v) is 5.30. The number of benzene rings is 2. The number of imidazole rings is 1. The molecule has 1 N–H and O–H groups in total. The van der Waals surface area contributed by atoms with Gasteiger partial charge in [0.2, 0.25) is 0 Å². The fraction of sp³-hybridized carbons (Fsp3) is 0.500. The molecule has 194 valence electrons. The predicted molar refractivity (Wildman–Crippen MR) is 139 cm³/mol. The third kappa shape index (κ3) is 6.64. The van der Waals surface area contributed by atoms with E-state index in [4.69, 9.17) is 4.98 Å². The molecule has 1 amide bonds. The topological polar surface area (TPSA) is 46.9 Å². The molecule has 8 heteroatoms. The van der Waals surface area contributed by atoms with Crippen LogP contribution in [0.4, 0.5) is 13.2 Å². The van der Waals surface area contributed by atoms with E-state index in [1.54, 1.807) is 18.7 Å². The minimum absolute atomic E-state index is 0.123. The number of hydrogen-bond donors (Lipinski definition) is 1. The van der Waals surface area contributed by atoms with Crippen molar-refractivity contribution in [3.05, 3.63) is 59.4 Å². The zero-order valence-electron chi connectivity index (χ0n) is 20.9. The number of carbonyl (C=O) groups excluding carboxylic acids is 1. The number of rotatable bonds is 12. The second kappa shape index (κ2) is 11.7. The molecule has 3 aromatic rings. The summed E-state index contributed by atoms with van der Waals surface area (Å²) >= 11 is 1.78. The van der Waals surface area contributed by atoms with Crippen LogP contribution in [-0.2, 0) is 13.0 Å². The van der Waals surface area contributed by atoms with Gasteiger partial charge in [0.05, 0.1) is 17.0 Å². The summed E-state index contributed by atoms with van der Waals surface area (Å²) in [7, 11) is 0. The smallest absolute Gasteiger partial charge is 0.348 e. The molecule has 1 saturated carbocycles. The van der Waals surface area contributed by atoms with Gasteiger partial charge in [-0.15, -0.1) is 11.8 Å². The molecule has 0 saturated heterocycles. The Morgan fingerprint density at radius 2 is 1.89 bits per heavy atom. The minimum atomic E-state index is -4.12. The fourth-order valence-electron chi connectivity index (χ4n) is 4.63. The first-order chi connectivity index (χ1) is 17.3. The summed E-state index contributed by atoms with van der Waals surface area (Å²) in [6, 6.07) is 14.2. The Morgan fingerprint density at radius 3 is 2.53 bits per heavy atom. The summed E-state index contributed by atoms with van der Waals surface area (Å²) in [6.07, 6.45) is 0.178. The number of amides is 1. The zero-order valence-corrected chi connectivity index (χ0v) is 21.7. The van der Waals surface area contributed by atoms with Crippen molar-refractivity contribution in [2.75, 3.05) is 5.75 Å². The average Bonchev–Trinajstić information content (AvgIpc) is 3.62. The van der Waals surface area contributed by atoms with Crippen molar-refractivity contribution >= 4 is 28.7 Å². The second-order valence-electron chi connectivity index (χ2n) is 9.48. The number of nitrogens with one attached hydrogen (secondary N) is 1. The first kappa shape index (κ1) is 26.6. The van der Waals surface area contributed by atoms with Crippen LogP contribution in [0.25, 0.3) is 11.0 Å². The lowest BCUT2D eigenvalue weighted by Gasteiger charge is -2.18. The van der Waals surface area contributed by atoms with Crippen LogP contribution < -0.4 is 5.32 Å². The monoisotopic (exact) mass is 517 g/mol. The molecule has 4 rings (SSSR count). The molecule has 0 spiro atoms. The number of unbranched alkanes of at least 4 members (excludes halogenated alkanes) is 1. The van der Waals surface area contributed by atoms with Crippen molar-refractivity contribution in [1.29, 1.82) is 0 Å². The quantitative estimate of drug-likeness (QED) is 0.198. The average molecular weight is 518 g/mol. The molecule has 36 heavy (non-hydrogen) atoms. The van der Waals surface area contributed by atoms with Crippen molar-refractivity contribution < 1.29 is 18.0 Å². The lowest BCUT2D eigenvalue weighted by molar-refractivity contribution is -0.177. The molecule has 2 aromatic carbocycles. The maximum atomic E-state index is 13.0. The standard InChI is InChI=1S/C28H34F3N3OS/c1-3-21(28(29,30)31)7-5-6-8-26-33-24-17-20(11-16-25(24)34(26)22-12-13-22)27(35)32-18-19-9-14-23(15-10-19)36-4-2/h9-11,14-17,21-22H,3-8,12-13,18H2,1-2H3,(H,32,35). The van der Waals surface area contributed by atoms with E-state index in [9.17, 15) is 18.0 Å². The maximum absolute atomic E-state index is 13.0. The number of alkyl halides is 3. The van der Waals surface area contributed by atoms with Gasteiger partial charge in [-0.25, -0.2) is 4.98 Å². The van der Waals surface area contributed by atoms with Crippen molar-refractivity contribution in [2.45, 2.75) is 82.5 Å². The van der Waals surface area contributed by atoms with E-state index < -0.39 is 12.1 Å². The van der Waals surface area contributed by atoms with Crippen LogP contribution in [0.1, 0.15) is 80.2 Å². The van der Waals surface area contributed by atoms with Gasteiger partial charge in [0.25, 0.3) is 5.91 Å². The summed E-state index contributed by atoms with van der Waals surface area (Å²) in [6.45, 7) is 4.17. The number of fused-ring (bicyclic) bond motifs is 1. The summed E-state index contributed by atoms with van der Waals surface area (Å²) in [4.78, 5) is 18.8. The number of carbonyl (C=O) groups is 1. The first-order valence-electron chi connectivity index (χ1n) is 12.9. The molecule has 0 bridgehead atoms. The Labute approximate surface area is 215 Å². The molecule has 1 aromatic heterocycles. The first-order valence-corrected chi connectivity index (χ1v) is 13.9. The summed E-state index contributed by atoms with van der Waals surface area (Å²) in [5.74, 6) is 0.557. The Kier molecular flexibility index (Phi) is 8.65. The molecule has 1 heterocycles. The SMILES string of the molecule is CCSc1ccc(CNC(=O)c2ccc3c(c2)nc(CCCCC(CC)C(F)(F)F)n3C2CC2)cc1. The predicted octanol–water partition coefficient (Wildman–Crippen LogP) is 7.71. The van der Waals surface area contributed by atoms with Crippen molar-refractivity contribution in [3.63, 3.8) is 0 Å². The van der Waals surface area contributed by atoms with Crippen LogP contribution in [0.2, 0.25) is 0 Å². The van der Waals surface area contributed by atoms with Crippen molar-refractivity contribution in [2.24, 2.45) is 5.92 Å². The molecule has 0 aliphatic heterocycles. The number of aryl methyl sites for hydroxylation is 1. The molecule has 1 aliphatic rings. The number of nitrogens with zero attached hydrogens (tertiary/aromatic N) is 2. The van der Waals surface area contributed by atoms with E-state index in [2.05, 4.69) is 28.9 Å². The van der Waals surface area contributed by atoms with Crippen molar-refractivity contribution in [3.8, 4) is 0 Å². The van der Waals surface area contributed by atoms with Crippen molar-refractivity contribution in [1.82, 2.24) is 14.9 Å². The van der Waals surface area contributed by atoms with Gasteiger partial charge in [0, 0.05) is 29.5 Å². The number of hydrogen-bond acceptors (Lipinski definition) is 3. The maximum Gasteiger partial charge on any atom is 0.391 e. The molecule has 0 radical (unpaired) electrons. The Balaban J connectivity index is 1.40. The Morgan fingerprint density at radius 1 is 1.14 bits per heavy atom. The van der Waals surface area contributed by atoms with E-state index in [1.165, 1.54) is 4.90 Å². The van der Waals surface area contributed by atoms with Gasteiger partial charge in [0.15, 0.2) is 0 Å². The minimum Gasteiger partial charge on any atom is -0.348 e. The van der Waals surface area contributed by atoms with Gasteiger partial charge in [-0.1, -0.05) is 32.4 Å². The van der Waals surface area contributed by atoms with Gasteiger partial charge in [-0.05, 0) is 73.8 Å². The molecule has 1 fully saturated rings. The molecular formula is C28H34F3N3OS. The summed E-state index contributed by atoms with van der Waals surface area (Å²) < 4.78 is 41.3. The molecule has 1 aliphatic carbocycles. The molecule has 4 nitrogen and oxygen atoms in total. The lowest BCUT2D eigenvalue weighted by atomic mass is 9.98. The lowest BCUT2D eigenvalue weighted by Crippen LogP contribution is -2.22. The summed E-state index contributed by atoms with van der Waals surface area (Å²) in [5.41, 5.74) is 3.37. The van der Waals surface area contributed by atoms with Crippen LogP contribution in [0.5, 0.6) is 0 Å². The van der Waals surface area contributed by atoms with E-state index in [0.717, 1.165) is 41.0 Å². The highest BCUT2D eigenvalue weighted by Gasteiger charge is 2.37. The Hall–Kier alpha value is -2.48. The molecule has 1 unspecified atom stereocenters. The Bertz CT molecular complexity index is 1170. The van der Waals surface area contributed by atoms with Gasteiger partial charge >= 0.3 is 6.18 Å². The van der Waals surface area contributed by atoms with E-state index in [-0.39, 0.29) is 18.7 Å². The van der Waals surface area contributed by atoms with E-state index in [0.29, 0.717) is 37.4 Å². The largest absolute Gasteiger partial charge is 0.391 e. The number of halogens is 3. The van der Waals surface area contributed by atoms with E-state index >= 15 is 0 Å². The van der Waals surface area contributed by atoms with Crippen LogP contribution in [0.3, 0.4) is 0 Å². The van der Waals surface area contributed by atoms with Crippen LogP contribution in [-0.4, -0.2) is 27.4 Å². The second-order valence-corrected chi connectivity index (χ2v) is 10.8. The van der Waals surface area contributed by atoms with Crippen LogP contribution >= 0.6 is 11.8 Å². The van der Waals surface area contributed by atoms with Gasteiger partial charge in [0.1, 0.15) is 5.82 Å². The van der Waals surface area contributed by atoms with Crippen LogP contribution in [0.15, 0.2) is 47.4 Å². The highest BCUT2D eigenvalue weighted by molar-refractivity contribution is 7.99. The number of thioether (sulfide) groups is 1. The normalized spacial score (nSPS) is 14.8. The third-order valence-electron chi connectivity index (χ3n) is 6.78. The van der Waals surface area contributed by atoms with Crippen LogP contribution in [0, 0.1) is 5.92 Å². The highest BCUT2D eigenvalue weighted by atomic mass is 32.2. The van der Waals surface area contributed by atoms with Gasteiger partial charge < -0.3 is 9.88 Å². The molecule has 1 atom stereocenters. The highest BCUT2D eigenvalue weighted by Crippen LogP contribution is 2.39.